The van der Waals surface area contributed by atoms with Gasteiger partial charge in [0, 0.05) is 12.2 Å². The first-order chi connectivity index (χ1) is 15.8. The molecule has 0 bridgehead atoms. The van der Waals surface area contributed by atoms with Crippen molar-refractivity contribution in [2.45, 2.75) is 31.6 Å². The van der Waals surface area contributed by atoms with Crippen molar-refractivity contribution in [2.24, 2.45) is 0 Å². The molecule has 3 rings (SSSR count). The van der Waals surface area contributed by atoms with Gasteiger partial charge in [0.1, 0.15) is 0 Å². The van der Waals surface area contributed by atoms with Crippen LogP contribution in [0.4, 0.5) is 5.69 Å². The van der Waals surface area contributed by atoms with Crippen LogP contribution < -0.4 is 15.7 Å². The molecule has 2 N–H and O–H groups in total. The van der Waals surface area contributed by atoms with Crippen molar-refractivity contribution in [3.8, 4) is 0 Å². The zero-order chi connectivity index (χ0) is 24.0. The molecule has 0 fully saturated rings. The molecule has 2 amide bonds. The van der Waals surface area contributed by atoms with Gasteiger partial charge in [-0.15, -0.1) is 10.2 Å². The molecule has 0 saturated heterocycles. The Morgan fingerprint density at radius 3 is 2.45 bits per heavy atom. The second-order valence-corrected chi connectivity index (χ2v) is 8.31. The Balaban J connectivity index is 1.61. The first-order valence-corrected chi connectivity index (χ1v) is 11.4. The fourth-order valence-electron chi connectivity index (χ4n) is 3.03. The molecule has 0 spiro atoms. The Morgan fingerprint density at radius 2 is 1.82 bits per heavy atom. The number of nitrogens with zero attached hydrogens (tertiary/aromatic N) is 3. The number of benzene rings is 2. The van der Waals surface area contributed by atoms with E-state index in [0.717, 1.165) is 0 Å². The van der Waals surface area contributed by atoms with Crippen LogP contribution in [0.15, 0.2) is 53.7 Å². The smallest absolute Gasteiger partial charge is 0.253 e. The largest absolute Gasteiger partial charge is 0.545 e. The van der Waals surface area contributed by atoms with Crippen LogP contribution in [0.1, 0.15) is 46.4 Å². The molecule has 9 nitrogen and oxygen atoms in total. The maximum absolute atomic E-state index is 12.6. The maximum Gasteiger partial charge on any atom is 0.253 e. The number of carboxylic acid groups (broad SMARTS) is 1. The lowest BCUT2D eigenvalue weighted by atomic mass is 10.2. The van der Waals surface area contributed by atoms with E-state index < -0.39 is 12.0 Å². The average Bonchev–Trinajstić information content (AvgIpc) is 3.21. The van der Waals surface area contributed by atoms with Crippen LogP contribution in [0.2, 0.25) is 5.02 Å². The number of hydrogen-bond acceptors (Lipinski definition) is 7. The summed E-state index contributed by atoms with van der Waals surface area (Å²) in [4.78, 5) is 35.7. The van der Waals surface area contributed by atoms with Crippen molar-refractivity contribution >= 4 is 46.8 Å². The third-order valence-electron chi connectivity index (χ3n) is 4.65. The molecule has 1 aromatic heterocycles. The summed E-state index contributed by atoms with van der Waals surface area (Å²) >= 11 is 7.30. The number of amides is 2. The van der Waals surface area contributed by atoms with Crippen LogP contribution in [0.5, 0.6) is 0 Å². The molecule has 0 aliphatic carbocycles. The highest BCUT2D eigenvalue weighted by molar-refractivity contribution is 7.99. The van der Waals surface area contributed by atoms with Crippen LogP contribution in [0.3, 0.4) is 0 Å². The van der Waals surface area contributed by atoms with Crippen LogP contribution in [0.25, 0.3) is 0 Å². The highest BCUT2D eigenvalue weighted by atomic mass is 35.5. The lowest BCUT2D eigenvalue weighted by Crippen LogP contribution is -2.29. The minimum atomic E-state index is -1.28. The molecule has 0 unspecified atom stereocenters. The second-order valence-electron chi connectivity index (χ2n) is 6.96. The lowest BCUT2D eigenvalue weighted by Gasteiger charge is -2.15. The quantitative estimate of drug-likeness (QED) is 0.444. The summed E-state index contributed by atoms with van der Waals surface area (Å²) in [6.07, 6.45) is 0. The van der Waals surface area contributed by atoms with Gasteiger partial charge < -0.3 is 25.1 Å². The predicted octanol–water partition coefficient (Wildman–Crippen LogP) is 2.54. The number of thioether (sulfide) groups is 1. The van der Waals surface area contributed by atoms with Crippen LogP contribution in [-0.4, -0.2) is 38.3 Å². The summed E-state index contributed by atoms with van der Waals surface area (Å²) in [7, 11) is 0. The van der Waals surface area contributed by atoms with Gasteiger partial charge in [-0.25, -0.2) is 0 Å². The summed E-state index contributed by atoms with van der Waals surface area (Å²) in [5, 5.41) is 25.6. The molecule has 11 heteroatoms. The fraction of sp³-hybridized carbons (Fsp3) is 0.227. The average molecular weight is 487 g/mol. The molecule has 0 aliphatic heterocycles. The number of halogens is 1. The van der Waals surface area contributed by atoms with Crippen molar-refractivity contribution in [3.63, 3.8) is 0 Å². The zero-order valence-corrected chi connectivity index (χ0v) is 19.4. The van der Waals surface area contributed by atoms with Gasteiger partial charge in [0.05, 0.1) is 28.4 Å². The molecule has 0 aliphatic rings. The van der Waals surface area contributed by atoms with Gasteiger partial charge in [0.25, 0.3) is 5.91 Å². The van der Waals surface area contributed by atoms with Crippen LogP contribution >= 0.6 is 23.4 Å². The number of carboxylic acids is 1. The van der Waals surface area contributed by atoms with Crippen molar-refractivity contribution in [1.29, 1.82) is 0 Å². The number of anilines is 1. The highest BCUT2D eigenvalue weighted by Gasteiger charge is 2.21. The lowest BCUT2D eigenvalue weighted by molar-refractivity contribution is -0.255. The van der Waals surface area contributed by atoms with Crippen LogP contribution in [0, 0.1) is 0 Å². The normalized spacial score (nSPS) is 11.6. The monoisotopic (exact) mass is 486 g/mol. The second kappa shape index (κ2) is 11.0. The van der Waals surface area contributed by atoms with E-state index in [4.69, 9.17) is 11.6 Å². The number of rotatable bonds is 9. The number of carbonyl (C=O) groups is 3. The summed E-state index contributed by atoms with van der Waals surface area (Å²) < 4.78 is 1.82. The minimum Gasteiger partial charge on any atom is -0.545 e. The third kappa shape index (κ3) is 6.11. The Kier molecular flexibility index (Phi) is 8.07. The van der Waals surface area contributed by atoms with Crippen molar-refractivity contribution in [1.82, 2.24) is 20.1 Å². The van der Waals surface area contributed by atoms with E-state index in [-0.39, 0.29) is 23.1 Å². The number of hydrogen-bond donors (Lipinski definition) is 2. The van der Waals surface area contributed by atoms with E-state index in [0.29, 0.717) is 33.8 Å². The van der Waals surface area contributed by atoms with E-state index in [1.165, 1.54) is 36.0 Å². The first kappa shape index (κ1) is 24.3. The topological polar surface area (TPSA) is 129 Å². The summed E-state index contributed by atoms with van der Waals surface area (Å²) in [6.45, 7) is 4.25. The van der Waals surface area contributed by atoms with E-state index in [1.807, 2.05) is 11.5 Å². The number of nitrogens with one attached hydrogen (secondary N) is 2. The van der Waals surface area contributed by atoms with E-state index in [2.05, 4.69) is 20.8 Å². The highest BCUT2D eigenvalue weighted by Crippen LogP contribution is 2.22. The molecule has 2 aromatic carbocycles. The predicted molar refractivity (Wildman–Crippen MR) is 123 cm³/mol. The van der Waals surface area contributed by atoms with Gasteiger partial charge in [0.15, 0.2) is 11.0 Å². The van der Waals surface area contributed by atoms with Crippen molar-refractivity contribution < 1.29 is 19.5 Å². The minimum absolute atomic E-state index is 0.0293. The third-order valence-corrected chi connectivity index (χ3v) is 5.95. The van der Waals surface area contributed by atoms with E-state index >= 15 is 0 Å². The number of aromatic nitrogens is 3. The van der Waals surface area contributed by atoms with E-state index in [1.54, 1.807) is 31.2 Å². The van der Waals surface area contributed by atoms with Crippen molar-refractivity contribution in [2.75, 3.05) is 11.1 Å². The Morgan fingerprint density at radius 1 is 1.12 bits per heavy atom. The summed E-state index contributed by atoms with van der Waals surface area (Å²) in [5.74, 6) is -1.26. The Hall–Kier alpha value is -3.37. The van der Waals surface area contributed by atoms with Crippen molar-refractivity contribution in [3.05, 3.63) is 70.5 Å². The Bertz CT molecular complexity index is 1170. The van der Waals surface area contributed by atoms with Gasteiger partial charge >= 0.3 is 0 Å². The molecule has 3 aromatic rings. The molecule has 0 radical (unpaired) electrons. The maximum atomic E-state index is 12.6. The molecule has 1 heterocycles. The molecule has 33 heavy (non-hydrogen) atoms. The fourth-order valence-corrected chi connectivity index (χ4v) is 4.06. The van der Waals surface area contributed by atoms with Crippen LogP contribution in [-0.2, 0) is 11.3 Å². The Labute approximate surface area is 199 Å². The molecule has 172 valence electrons. The molecular weight excluding hydrogens is 466 g/mol. The summed E-state index contributed by atoms with van der Waals surface area (Å²) in [5.41, 5.74) is 0.869. The van der Waals surface area contributed by atoms with Gasteiger partial charge in [-0.05, 0) is 43.7 Å². The SMILES string of the molecule is CCn1c(SCC(=O)Nc2ccc(C(=O)[O-])cc2)nnc1[C@@H](C)NC(=O)c1ccccc1Cl. The first-order valence-electron chi connectivity index (χ1n) is 10.0. The zero-order valence-electron chi connectivity index (χ0n) is 17.9. The number of carbonyl (C=O) groups excluding carboxylic acids is 3. The molecular formula is C22H21ClN5O4S-. The molecule has 0 saturated carbocycles. The standard InChI is InChI=1S/C22H22ClN5O4S/c1-3-28-19(13(2)24-20(30)16-6-4-5-7-17(16)23)26-27-22(28)33-12-18(29)25-15-10-8-14(9-11-15)21(31)32/h4-11,13H,3,12H2,1-2H3,(H,24,30)(H,25,29)(H,31,32)/p-1/t13-/m1/s1. The summed E-state index contributed by atoms with van der Waals surface area (Å²) in [6, 6.07) is 12.0. The van der Waals surface area contributed by atoms with E-state index in [9.17, 15) is 19.5 Å². The number of aromatic carboxylic acids is 1. The molecule has 1 atom stereocenters. The van der Waals surface area contributed by atoms with Gasteiger partial charge in [-0.1, -0.05) is 47.6 Å². The van der Waals surface area contributed by atoms with Gasteiger partial charge in [-0.3, -0.25) is 9.59 Å². The van der Waals surface area contributed by atoms with Gasteiger partial charge in [0.2, 0.25) is 5.91 Å². The van der Waals surface area contributed by atoms with Gasteiger partial charge in [-0.2, -0.15) is 0 Å².